The molecule has 2 aromatic rings. The Balaban J connectivity index is 2.35. The first-order valence-electron chi connectivity index (χ1n) is 6.64. The van der Waals surface area contributed by atoms with Crippen LogP contribution in [0, 0.1) is 23.2 Å². The topological polar surface area (TPSA) is 40.9 Å². The summed E-state index contributed by atoms with van der Waals surface area (Å²) < 4.78 is 1.01. The molecular formula is C17H16BrNO. The zero-order chi connectivity index (χ0) is 14.7. The number of ketones is 1. The molecule has 0 aliphatic rings. The second-order valence-electron chi connectivity index (χ2n) is 5.38. The SMILES string of the molecule is CC(C)CC(C#N)C(=O)c1ccc2cc(Br)ccc2c1. The highest BCUT2D eigenvalue weighted by Crippen LogP contribution is 2.23. The van der Waals surface area contributed by atoms with Gasteiger partial charge in [-0.1, -0.05) is 48.0 Å². The summed E-state index contributed by atoms with van der Waals surface area (Å²) in [4.78, 5) is 12.4. The summed E-state index contributed by atoms with van der Waals surface area (Å²) in [5.74, 6) is -0.297. The highest BCUT2D eigenvalue weighted by Gasteiger charge is 2.20. The molecule has 0 heterocycles. The van der Waals surface area contributed by atoms with Gasteiger partial charge in [0.25, 0.3) is 0 Å². The van der Waals surface area contributed by atoms with Crippen LogP contribution < -0.4 is 0 Å². The van der Waals surface area contributed by atoms with E-state index in [0.29, 0.717) is 17.9 Å². The van der Waals surface area contributed by atoms with E-state index in [1.807, 2.05) is 50.2 Å². The van der Waals surface area contributed by atoms with Gasteiger partial charge in [0.15, 0.2) is 5.78 Å². The van der Waals surface area contributed by atoms with Crippen LogP contribution in [0.2, 0.25) is 0 Å². The first-order chi connectivity index (χ1) is 9.51. The zero-order valence-electron chi connectivity index (χ0n) is 11.6. The van der Waals surface area contributed by atoms with Crippen LogP contribution in [0.3, 0.4) is 0 Å². The maximum Gasteiger partial charge on any atom is 0.180 e. The summed E-state index contributed by atoms with van der Waals surface area (Å²) in [5, 5.41) is 11.3. The van der Waals surface area contributed by atoms with Gasteiger partial charge in [-0.05, 0) is 41.3 Å². The number of carbonyl (C=O) groups is 1. The van der Waals surface area contributed by atoms with E-state index in [1.54, 1.807) is 0 Å². The summed E-state index contributed by atoms with van der Waals surface area (Å²) in [5.41, 5.74) is 0.618. The van der Waals surface area contributed by atoms with Crippen LogP contribution in [0.1, 0.15) is 30.6 Å². The van der Waals surface area contributed by atoms with Crippen LogP contribution in [0.15, 0.2) is 40.9 Å². The third-order valence-corrected chi connectivity index (χ3v) is 3.76. The number of fused-ring (bicyclic) bond motifs is 1. The fourth-order valence-corrected chi connectivity index (χ4v) is 2.64. The van der Waals surface area contributed by atoms with Crippen LogP contribution in [0.4, 0.5) is 0 Å². The number of halogens is 1. The lowest BCUT2D eigenvalue weighted by molar-refractivity contribution is 0.0937. The molecule has 0 bridgehead atoms. The Morgan fingerprint density at radius 2 is 1.85 bits per heavy atom. The van der Waals surface area contributed by atoms with E-state index in [4.69, 9.17) is 0 Å². The van der Waals surface area contributed by atoms with Gasteiger partial charge in [-0.2, -0.15) is 5.26 Å². The van der Waals surface area contributed by atoms with Crippen molar-refractivity contribution in [2.45, 2.75) is 20.3 Å². The Kier molecular flexibility index (Phi) is 4.57. The molecular weight excluding hydrogens is 314 g/mol. The molecule has 0 aliphatic heterocycles. The summed E-state index contributed by atoms with van der Waals surface area (Å²) in [6.45, 7) is 4.05. The lowest BCUT2D eigenvalue weighted by Gasteiger charge is -2.11. The normalized spacial score (nSPS) is 12.3. The molecule has 1 unspecified atom stereocenters. The molecule has 0 aliphatic carbocycles. The molecule has 2 nitrogen and oxygen atoms in total. The van der Waals surface area contributed by atoms with Crippen LogP contribution in [0.25, 0.3) is 10.8 Å². The van der Waals surface area contributed by atoms with Gasteiger partial charge in [0.2, 0.25) is 0 Å². The fraction of sp³-hybridized carbons (Fsp3) is 0.294. The van der Waals surface area contributed by atoms with E-state index in [1.165, 1.54) is 0 Å². The van der Waals surface area contributed by atoms with Gasteiger partial charge in [-0.15, -0.1) is 0 Å². The van der Waals surface area contributed by atoms with Crippen molar-refractivity contribution in [1.82, 2.24) is 0 Å². The van der Waals surface area contributed by atoms with Gasteiger partial charge in [0.05, 0.1) is 6.07 Å². The van der Waals surface area contributed by atoms with Crippen molar-refractivity contribution in [3.05, 3.63) is 46.4 Å². The van der Waals surface area contributed by atoms with E-state index in [2.05, 4.69) is 22.0 Å². The lowest BCUT2D eigenvalue weighted by Crippen LogP contribution is -2.15. The molecule has 20 heavy (non-hydrogen) atoms. The smallest absolute Gasteiger partial charge is 0.180 e. The predicted molar refractivity (Wildman–Crippen MR) is 84.5 cm³/mol. The van der Waals surface area contributed by atoms with Gasteiger partial charge in [-0.25, -0.2) is 0 Å². The standard InChI is InChI=1S/C17H16BrNO/c1-11(2)7-15(10-19)17(20)14-4-3-13-9-16(18)6-5-12(13)8-14/h3-6,8-9,11,15H,7H2,1-2H3. The number of hydrogen-bond donors (Lipinski definition) is 0. The van der Waals surface area contributed by atoms with Crippen molar-refractivity contribution in [2.24, 2.45) is 11.8 Å². The van der Waals surface area contributed by atoms with E-state index >= 15 is 0 Å². The average Bonchev–Trinajstić information content (AvgIpc) is 2.43. The average molecular weight is 330 g/mol. The summed E-state index contributed by atoms with van der Waals surface area (Å²) >= 11 is 3.43. The quantitative estimate of drug-likeness (QED) is 0.743. The summed E-state index contributed by atoms with van der Waals surface area (Å²) in [7, 11) is 0. The molecule has 3 heteroatoms. The van der Waals surface area contributed by atoms with Crippen LogP contribution in [-0.2, 0) is 0 Å². The van der Waals surface area contributed by atoms with Crippen molar-refractivity contribution in [3.63, 3.8) is 0 Å². The first-order valence-corrected chi connectivity index (χ1v) is 7.43. The number of carbonyl (C=O) groups excluding carboxylic acids is 1. The van der Waals surface area contributed by atoms with Crippen LogP contribution in [-0.4, -0.2) is 5.78 Å². The third-order valence-electron chi connectivity index (χ3n) is 3.27. The van der Waals surface area contributed by atoms with Gasteiger partial charge in [0.1, 0.15) is 5.92 Å². The van der Waals surface area contributed by atoms with Gasteiger partial charge < -0.3 is 0 Å². The molecule has 0 amide bonds. The molecule has 2 aromatic carbocycles. The Morgan fingerprint density at radius 3 is 2.50 bits per heavy atom. The highest BCUT2D eigenvalue weighted by atomic mass is 79.9. The molecule has 0 saturated carbocycles. The highest BCUT2D eigenvalue weighted by molar-refractivity contribution is 9.10. The fourth-order valence-electron chi connectivity index (χ4n) is 2.26. The number of benzene rings is 2. The molecule has 0 spiro atoms. The van der Waals surface area contributed by atoms with Crippen molar-refractivity contribution < 1.29 is 4.79 Å². The van der Waals surface area contributed by atoms with Crippen molar-refractivity contribution in [2.75, 3.05) is 0 Å². The number of nitrogens with zero attached hydrogens (tertiary/aromatic N) is 1. The monoisotopic (exact) mass is 329 g/mol. The van der Waals surface area contributed by atoms with E-state index in [0.717, 1.165) is 15.2 Å². The lowest BCUT2D eigenvalue weighted by atomic mass is 9.90. The Labute approximate surface area is 127 Å². The number of Topliss-reactive ketones (excluding diaryl/α,β-unsaturated/α-hetero) is 1. The maximum atomic E-state index is 12.4. The molecule has 0 saturated heterocycles. The van der Waals surface area contributed by atoms with Crippen molar-refractivity contribution in [1.29, 1.82) is 5.26 Å². The van der Waals surface area contributed by atoms with E-state index in [9.17, 15) is 10.1 Å². The second-order valence-corrected chi connectivity index (χ2v) is 6.30. The Morgan fingerprint density at radius 1 is 1.20 bits per heavy atom. The van der Waals surface area contributed by atoms with Crippen LogP contribution >= 0.6 is 15.9 Å². The minimum atomic E-state index is -0.553. The summed E-state index contributed by atoms with van der Waals surface area (Å²) in [6, 6.07) is 13.7. The third kappa shape index (κ3) is 3.26. The molecule has 0 fully saturated rings. The molecule has 0 aromatic heterocycles. The molecule has 0 N–H and O–H groups in total. The minimum absolute atomic E-state index is 0.0778. The Bertz CT molecular complexity index is 685. The molecule has 0 radical (unpaired) electrons. The van der Waals surface area contributed by atoms with Gasteiger partial charge in [-0.3, -0.25) is 4.79 Å². The van der Waals surface area contributed by atoms with Gasteiger partial charge in [0, 0.05) is 10.0 Å². The maximum absolute atomic E-state index is 12.4. The van der Waals surface area contributed by atoms with Crippen molar-refractivity contribution in [3.8, 4) is 6.07 Å². The summed E-state index contributed by atoms with van der Waals surface area (Å²) in [6.07, 6.45) is 0.605. The van der Waals surface area contributed by atoms with Crippen molar-refractivity contribution >= 4 is 32.5 Å². The molecule has 2 rings (SSSR count). The molecule has 1 atom stereocenters. The second kappa shape index (κ2) is 6.19. The molecule has 102 valence electrons. The largest absolute Gasteiger partial charge is 0.293 e. The minimum Gasteiger partial charge on any atom is -0.293 e. The Hall–Kier alpha value is -1.66. The zero-order valence-corrected chi connectivity index (χ0v) is 13.1. The number of nitriles is 1. The number of hydrogen-bond acceptors (Lipinski definition) is 2. The van der Waals surface area contributed by atoms with E-state index in [-0.39, 0.29) is 5.78 Å². The predicted octanol–water partition coefficient (Wildman–Crippen LogP) is 4.97. The first kappa shape index (κ1) is 14.7. The van der Waals surface area contributed by atoms with E-state index < -0.39 is 5.92 Å². The number of rotatable bonds is 4. The van der Waals surface area contributed by atoms with Gasteiger partial charge >= 0.3 is 0 Å². The van der Waals surface area contributed by atoms with Crippen LogP contribution in [0.5, 0.6) is 0 Å².